The molecule has 1 saturated heterocycles. The van der Waals surface area contributed by atoms with Crippen LogP contribution in [0.3, 0.4) is 0 Å². The van der Waals surface area contributed by atoms with E-state index in [1.807, 2.05) is 0 Å². The monoisotopic (exact) mass is 362 g/mol. The van der Waals surface area contributed by atoms with Crippen LogP contribution in [0.1, 0.15) is 16.6 Å². The molecule has 1 aromatic heterocycles. The topological polar surface area (TPSA) is 113 Å². The number of nitrogens with zero attached hydrogens (tertiary/aromatic N) is 1. The quantitative estimate of drug-likeness (QED) is 0.748. The van der Waals surface area contributed by atoms with Crippen molar-refractivity contribution in [1.29, 1.82) is 0 Å². The molecule has 8 nitrogen and oxygen atoms in total. The lowest BCUT2D eigenvalue weighted by Crippen LogP contribution is -2.41. The van der Waals surface area contributed by atoms with Crippen molar-refractivity contribution in [3.05, 3.63) is 16.3 Å². The maximum atomic E-state index is 12.6. The van der Waals surface area contributed by atoms with Crippen molar-refractivity contribution in [3.63, 3.8) is 0 Å². The maximum Gasteiger partial charge on any atom is 0.308 e. The average Bonchev–Trinajstić information content (AvgIpc) is 3.03. The molecule has 0 radical (unpaired) electrons. The number of hydrogen-bond acceptors (Lipinski definition) is 6. The minimum atomic E-state index is -3.76. The van der Waals surface area contributed by atoms with Crippen LogP contribution in [0, 0.1) is 5.92 Å². The molecule has 10 heteroatoms. The molecule has 2 N–H and O–H groups in total. The second kappa shape index (κ2) is 7.39. The lowest BCUT2D eigenvalue weighted by atomic mass is 10.2. The Morgan fingerprint density at radius 3 is 2.70 bits per heavy atom. The summed E-state index contributed by atoms with van der Waals surface area (Å²) in [5, 5.41) is 12.8. The number of thiophene rings is 1. The first-order valence-electron chi connectivity index (χ1n) is 7.00. The first-order valence-corrected chi connectivity index (χ1v) is 9.32. The zero-order valence-corrected chi connectivity index (χ0v) is 14.2. The summed E-state index contributed by atoms with van der Waals surface area (Å²) in [4.78, 5) is 23.0. The van der Waals surface area contributed by atoms with Crippen molar-refractivity contribution >= 4 is 33.2 Å². The Labute approximate surface area is 138 Å². The molecular weight excluding hydrogens is 344 g/mol. The van der Waals surface area contributed by atoms with Gasteiger partial charge in [0.15, 0.2) is 0 Å². The Morgan fingerprint density at radius 1 is 1.43 bits per heavy atom. The number of ether oxygens (including phenoxy) is 1. The molecule has 1 fully saturated rings. The molecule has 1 unspecified atom stereocenters. The van der Waals surface area contributed by atoms with E-state index in [1.165, 1.54) is 22.7 Å². The number of nitrogens with one attached hydrogen (secondary N) is 1. The van der Waals surface area contributed by atoms with Gasteiger partial charge in [-0.1, -0.05) is 6.92 Å². The van der Waals surface area contributed by atoms with Crippen LogP contribution in [0.4, 0.5) is 0 Å². The first kappa shape index (κ1) is 17.9. The fourth-order valence-electron chi connectivity index (χ4n) is 2.01. The van der Waals surface area contributed by atoms with E-state index in [0.29, 0.717) is 13.2 Å². The van der Waals surface area contributed by atoms with E-state index in [1.54, 1.807) is 0 Å². The van der Waals surface area contributed by atoms with E-state index in [2.05, 4.69) is 5.32 Å². The summed E-state index contributed by atoms with van der Waals surface area (Å²) in [6.45, 7) is 2.53. The highest BCUT2D eigenvalue weighted by molar-refractivity contribution is 7.89. The van der Waals surface area contributed by atoms with Crippen molar-refractivity contribution in [2.24, 2.45) is 5.92 Å². The van der Waals surface area contributed by atoms with Crippen LogP contribution >= 0.6 is 11.3 Å². The lowest BCUT2D eigenvalue weighted by molar-refractivity contribution is -0.140. The van der Waals surface area contributed by atoms with Gasteiger partial charge >= 0.3 is 5.97 Å². The van der Waals surface area contributed by atoms with Crippen LogP contribution in [0.15, 0.2) is 16.3 Å². The van der Waals surface area contributed by atoms with Crippen LogP contribution < -0.4 is 5.32 Å². The van der Waals surface area contributed by atoms with Crippen LogP contribution in [0.5, 0.6) is 0 Å². The highest BCUT2D eigenvalue weighted by Gasteiger charge is 2.31. The van der Waals surface area contributed by atoms with Gasteiger partial charge in [0.05, 0.1) is 19.1 Å². The predicted octanol–water partition coefficient (Wildman–Crippen LogP) is 0.220. The van der Waals surface area contributed by atoms with Crippen molar-refractivity contribution < 1.29 is 27.9 Å². The Hall–Kier alpha value is -1.49. The van der Waals surface area contributed by atoms with Gasteiger partial charge in [-0.25, -0.2) is 8.42 Å². The third-order valence-electron chi connectivity index (χ3n) is 3.41. The van der Waals surface area contributed by atoms with Crippen LogP contribution in [0.25, 0.3) is 0 Å². The fraction of sp³-hybridized carbons (Fsp3) is 0.538. The number of rotatable bonds is 6. The van der Waals surface area contributed by atoms with Crippen LogP contribution in [-0.4, -0.2) is 62.6 Å². The molecular formula is C13H18N2O6S2. The smallest absolute Gasteiger partial charge is 0.308 e. The van der Waals surface area contributed by atoms with Gasteiger partial charge in [-0.05, 0) is 11.4 Å². The third-order valence-corrected chi connectivity index (χ3v) is 6.40. The van der Waals surface area contributed by atoms with E-state index < -0.39 is 27.8 Å². The summed E-state index contributed by atoms with van der Waals surface area (Å²) >= 11 is 1.01. The number of carboxylic acid groups (broad SMARTS) is 1. The second-order valence-electron chi connectivity index (χ2n) is 5.08. The molecule has 0 saturated carbocycles. The summed E-state index contributed by atoms with van der Waals surface area (Å²) in [5.41, 5.74) is 0. The average molecular weight is 362 g/mol. The summed E-state index contributed by atoms with van der Waals surface area (Å²) < 4.78 is 31.7. The minimum Gasteiger partial charge on any atom is -0.481 e. The molecule has 23 heavy (non-hydrogen) atoms. The Morgan fingerprint density at radius 2 is 2.09 bits per heavy atom. The maximum absolute atomic E-state index is 12.6. The fourth-order valence-corrected chi connectivity index (χ4v) is 4.73. The van der Waals surface area contributed by atoms with Crippen LogP contribution in [0.2, 0.25) is 0 Å². The van der Waals surface area contributed by atoms with Gasteiger partial charge < -0.3 is 15.2 Å². The highest BCUT2D eigenvalue weighted by atomic mass is 32.2. The largest absolute Gasteiger partial charge is 0.481 e. The van der Waals surface area contributed by atoms with Gasteiger partial charge in [0.1, 0.15) is 9.77 Å². The SMILES string of the molecule is CC(CNC(=O)c1sccc1S(=O)(=O)N1CCOCC1)C(=O)O. The molecule has 1 atom stereocenters. The molecule has 2 heterocycles. The van der Waals surface area contributed by atoms with E-state index >= 15 is 0 Å². The number of aliphatic carboxylic acids is 1. The number of carbonyl (C=O) groups is 2. The number of carboxylic acids is 1. The molecule has 1 aliphatic rings. The summed E-state index contributed by atoms with van der Waals surface area (Å²) in [6.07, 6.45) is 0. The van der Waals surface area contributed by atoms with Gasteiger partial charge in [0.2, 0.25) is 10.0 Å². The van der Waals surface area contributed by atoms with Crippen molar-refractivity contribution in [3.8, 4) is 0 Å². The van der Waals surface area contributed by atoms with E-state index in [0.717, 1.165) is 11.3 Å². The van der Waals surface area contributed by atoms with Gasteiger partial charge in [-0.3, -0.25) is 9.59 Å². The Balaban J connectivity index is 2.15. The number of sulfonamides is 1. The molecule has 0 spiro atoms. The standard InChI is InChI=1S/C13H18N2O6S2/c1-9(13(17)18)8-14-12(16)11-10(2-7-22-11)23(19,20)15-3-5-21-6-4-15/h2,7,9H,3-6,8H2,1H3,(H,14,16)(H,17,18). The Kier molecular flexibility index (Phi) is 5.74. The molecule has 0 aromatic carbocycles. The van der Waals surface area contributed by atoms with Gasteiger partial charge in [0.25, 0.3) is 5.91 Å². The summed E-state index contributed by atoms with van der Waals surface area (Å²) in [6, 6.07) is 1.39. The van der Waals surface area contributed by atoms with Crippen molar-refractivity contribution in [1.82, 2.24) is 9.62 Å². The van der Waals surface area contributed by atoms with E-state index in [-0.39, 0.29) is 29.4 Å². The highest BCUT2D eigenvalue weighted by Crippen LogP contribution is 2.25. The number of hydrogen-bond donors (Lipinski definition) is 2. The number of morpholine rings is 1. The first-order chi connectivity index (χ1) is 10.8. The van der Waals surface area contributed by atoms with Crippen molar-refractivity contribution in [2.45, 2.75) is 11.8 Å². The van der Waals surface area contributed by atoms with Gasteiger partial charge in [-0.15, -0.1) is 11.3 Å². The second-order valence-corrected chi connectivity index (χ2v) is 7.90. The zero-order chi connectivity index (χ0) is 17.0. The zero-order valence-electron chi connectivity index (χ0n) is 12.5. The molecule has 128 valence electrons. The summed E-state index contributed by atoms with van der Waals surface area (Å²) in [7, 11) is -3.76. The Bertz CT molecular complexity index is 678. The minimum absolute atomic E-state index is 0.0510. The summed E-state index contributed by atoms with van der Waals surface area (Å²) in [5.74, 6) is -2.37. The normalized spacial score (nSPS) is 17.6. The third kappa shape index (κ3) is 4.08. The van der Waals surface area contributed by atoms with Gasteiger partial charge in [0, 0.05) is 19.6 Å². The van der Waals surface area contributed by atoms with Gasteiger partial charge in [-0.2, -0.15) is 4.31 Å². The number of carbonyl (C=O) groups excluding carboxylic acids is 1. The predicted molar refractivity (Wildman–Crippen MR) is 83.0 cm³/mol. The van der Waals surface area contributed by atoms with E-state index in [4.69, 9.17) is 9.84 Å². The number of amides is 1. The molecule has 0 bridgehead atoms. The molecule has 0 aliphatic carbocycles. The van der Waals surface area contributed by atoms with Crippen LogP contribution in [-0.2, 0) is 19.6 Å². The van der Waals surface area contributed by atoms with E-state index in [9.17, 15) is 18.0 Å². The molecule has 1 aliphatic heterocycles. The van der Waals surface area contributed by atoms with Crippen molar-refractivity contribution in [2.75, 3.05) is 32.8 Å². The molecule has 2 rings (SSSR count). The molecule has 1 amide bonds. The molecule has 1 aromatic rings. The lowest BCUT2D eigenvalue weighted by Gasteiger charge is -2.26.